The number of aryl methyl sites for hydroxylation is 1. The molecule has 0 amide bonds. The number of rotatable bonds is 4. The molecular weight excluding hydrogens is 212 g/mol. The highest BCUT2D eigenvalue weighted by atomic mass is 16.5. The van der Waals surface area contributed by atoms with Gasteiger partial charge in [-0.1, -0.05) is 6.92 Å². The summed E-state index contributed by atoms with van der Waals surface area (Å²) in [5.41, 5.74) is 9.12. The minimum absolute atomic E-state index is 0.396. The standard InChI is InChI=1S/C14H22N2O/c1-3-8-17-13-6-7-16(10-13)12-4-5-14(15)11(2)9-12/h4-5,9,13H,3,6-8,10,15H2,1-2H3. The van der Waals surface area contributed by atoms with E-state index in [9.17, 15) is 0 Å². The van der Waals surface area contributed by atoms with Crippen LogP contribution in [0.3, 0.4) is 0 Å². The Bertz CT molecular complexity index is 378. The summed E-state index contributed by atoms with van der Waals surface area (Å²) in [6, 6.07) is 6.26. The topological polar surface area (TPSA) is 38.5 Å². The van der Waals surface area contributed by atoms with E-state index < -0.39 is 0 Å². The molecule has 1 unspecified atom stereocenters. The zero-order chi connectivity index (χ0) is 12.3. The Morgan fingerprint density at radius 1 is 1.47 bits per heavy atom. The molecular formula is C14H22N2O. The Kier molecular flexibility index (Phi) is 3.89. The third-order valence-corrected chi connectivity index (χ3v) is 3.32. The van der Waals surface area contributed by atoms with Crippen LogP contribution in [0.4, 0.5) is 11.4 Å². The molecule has 0 aliphatic carbocycles. The van der Waals surface area contributed by atoms with E-state index in [1.165, 1.54) is 5.69 Å². The lowest BCUT2D eigenvalue weighted by atomic mass is 10.2. The van der Waals surface area contributed by atoms with Crippen LogP contribution in [-0.4, -0.2) is 25.8 Å². The number of hydrogen-bond donors (Lipinski definition) is 1. The first-order valence-corrected chi connectivity index (χ1v) is 6.43. The lowest BCUT2D eigenvalue weighted by molar-refractivity contribution is 0.0688. The van der Waals surface area contributed by atoms with E-state index in [0.717, 1.165) is 43.8 Å². The van der Waals surface area contributed by atoms with Crippen molar-refractivity contribution in [3.63, 3.8) is 0 Å². The number of hydrogen-bond acceptors (Lipinski definition) is 3. The summed E-state index contributed by atoms with van der Waals surface area (Å²) in [5.74, 6) is 0. The van der Waals surface area contributed by atoms with Crippen LogP contribution in [0, 0.1) is 6.92 Å². The van der Waals surface area contributed by atoms with Crippen LogP contribution in [0.15, 0.2) is 18.2 Å². The van der Waals surface area contributed by atoms with Crippen LogP contribution in [0.2, 0.25) is 0 Å². The molecule has 0 bridgehead atoms. The number of anilines is 2. The molecule has 1 atom stereocenters. The highest BCUT2D eigenvalue weighted by molar-refractivity contribution is 5.58. The number of nitrogens with zero attached hydrogens (tertiary/aromatic N) is 1. The molecule has 3 nitrogen and oxygen atoms in total. The number of benzene rings is 1. The first-order valence-electron chi connectivity index (χ1n) is 6.43. The lowest BCUT2D eigenvalue weighted by Gasteiger charge is -2.19. The van der Waals surface area contributed by atoms with Crippen LogP contribution in [0.25, 0.3) is 0 Å². The molecule has 0 aromatic heterocycles. The van der Waals surface area contributed by atoms with E-state index >= 15 is 0 Å². The van der Waals surface area contributed by atoms with E-state index in [1.807, 2.05) is 6.07 Å². The normalized spacial score (nSPS) is 19.9. The minimum atomic E-state index is 0.396. The second-order valence-electron chi connectivity index (χ2n) is 4.77. The van der Waals surface area contributed by atoms with Gasteiger partial charge in [0.1, 0.15) is 0 Å². The summed E-state index contributed by atoms with van der Waals surface area (Å²) in [7, 11) is 0. The molecule has 0 radical (unpaired) electrons. The first kappa shape index (κ1) is 12.2. The van der Waals surface area contributed by atoms with Gasteiger partial charge in [-0.3, -0.25) is 0 Å². The molecule has 1 aromatic carbocycles. The first-order chi connectivity index (χ1) is 8.20. The average molecular weight is 234 g/mol. The molecule has 1 heterocycles. The van der Waals surface area contributed by atoms with Gasteiger partial charge >= 0.3 is 0 Å². The Balaban J connectivity index is 1.97. The number of ether oxygens (including phenoxy) is 1. The Morgan fingerprint density at radius 2 is 2.29 bits per heavy atom. The molecule has 17 heavy (non-hydrogen) atoms. The zero-order valence-electron chi connectivity index (χ0n) is 10.8. The van der Waals surface area contributed by atoms with Crippen molar-refractivity contribution in [2.45, 2.75) is 32.8 Å². The molecule has 1 fully saturated rings. The van der Waals surface area contributed by atoms with Crippen molar-refractivity contribution >= 4 is 11.4 Å². The Labute approximate surface area is 104 Å². The van der Waals surface area contributed by atoms with Gasteiger partial charge < -0.3 is 15.4 Å². The van der Waals surface area contributed by atoms with Crippen molar-refractivity contribution < 1.29 is 4.74 Å². The van der Waals surface area contributed by atoms with Crippen LogP contribution >= 0.6 is 0 Å². The Hall–Kier alpha value is -1.22. The second-order valence-corrected chi connectivity index (χ2v) is 4.77. The van der Waals surface area contributed by atoms with Crippen molar-refractivity contribution in [3.8, 4) is 0 Å². The molecule has 1 saturated heterocycles. The van der Waals surface area contributed by atoms with Crippen LogP contribution in [0.1, 0.15) is 25.3 Å². The van der Waals surface area contributed by atoms with Gasteiger partial charge in [-0.25, -0.2) is 0 Å². The van der Waals surface area contributed by atoms with Crippen molar-refractivity contribution in [1.29, 1.82) is 0 Å². The van der Waals surface area contributed by atoms with Crippen molar-refractivity contribution in [2.75, 3.05) is 30.3 Å². The van der Waals surface area contributed by atoms with Crippen LogP contribution in [0.5, 0.6) is 0 Å². The second kappa shape index (κ2) is 5.41. The largest absolute Gasteiger partial charge is 0.399 e. The molecule has 1 aliphatic heterocycles. The van der Waals surface area contributed by atoms with E-state index in [1.54, 1.807) is 0 Å². The highest BCUT2D eigenvalue weighted by Crippen LogP contribution is 2.25. The van der Waals surface area contributed by atoms with Crippen LogP contribution < -0.4 is 10.6 Å². The maximum absolute atomic E-state index is 5.84. The van der Waals surface area contributed by atoms with E-state index in [0.29, 0.717) is 6.10 Å². The predicted octanol–water partition coefficient (Wildman–Crippen LogP) is 2.58. The van der Waals surface area contributed by atoms with Gasteiger partial charge in [0, 0.05) is 31.1 Å². The SMILES string of the molecule is CCCOC1CCN(c2ccc(N)c(C)c2)C1. The van der Waals surface area contributed by atoms with Crippen molar-refractivity contribution in [2.24, 2.45) is 0 Å². The van der Waals surface area contributed by atoms with Crippen molar-refractivity contribution in [1.82, 2.24) is 0 Å². The van der Waals surface area contributed by atoms with Gasteiger partial charge in [0.25, 0.3) is 0 Å². The fourth-order valence-corrected chi connectivity index (χ4v) is 2.24. The number of nitrogen functional groups attached to an aromatic ring is 1. The third-order valence-electron chi connectivity index (χ3n) is 3.32. The highest BCUT2D eigenvalue weighted by Gasteiger charge is 2.23. The molecule has 1 aromatic rings. The summed E-state index contributed by atoms with van der Waals surface area (Å²) in [5, 5.41) is 0. The summed E-state index contributed by atoms with van der Waals surface area (Å²) >= 11 is 0. The summed E-state index contributed by atoms with van der Waals surface area (Å²) in [6.45, 7) is 7.16. The molecule has 1 aliphatic rings. The van der Waals surface area contributed by atoms with Gasteiger partial charge in [0.2, 0.25) is 0 Å². The molecule has 3 heteroatoms. The maximum Gasteiger partial charge on any atom is 0.0766 e. The van der Waals surface area contributed by atoms with Gasteiger partial charge in [0.15, 0.2) is 0 Å². The average Bonchev–Trinajstić information content (AvgIpc) is 2.79. The molecule has 0 spiro atoms. The van der Waals surface area contributed by atoms with Gasteiger partial charge in [-0.15, -0.1) is 0 Å². The smallest absolute Gasteiger partial charge is 0.0766 e. The monoisotopic (exact) mass is 234 g/mol. The lowest BCUT2D eigenvalue weighted by Crippen LogP contribution is -2.23. The van der Waals surface area contributed by atoms with E-state index in [-0.39, 0.29) is 0 Å². The summed E-state index contributed by atoms with van der Waals surface area (Å²) in [6.07, 6.45) is 2.62. The molecule has 94 valence electrons. The Morgan fingerprint density at radius 3 is 3.00 bits per heavy atom. The predicted molar refractivity (Wildman–Crippen MR) is 72.5 cm³/mol. The number of nitrogens with two attached hydrogens (primary N) is 1. The third kappa shape index (κ3) is 2.91. The zero-order valence-corrected chi connectivity index (χ0v) is 10.8. The van der Waals surface area contributed by atoms with Crippen molar-refractivity contribution in [3.05, 3.63) is 23.8 Å². The summed E-state index contributed by atoms with van der Waals surface area (Å²) < 4.78 is 5.79. The molecule has 2 rings (SSSR count). The van der Waals surface area contributed by atoms with Gasteiger partial charge in [0.05, 0.1) is 6.10 Å². The van der Waals surface area contributed by atoms with E-state index in [2.05, 4.69) is 30.9 Å². The van der Waals surface area contributed by atoms with Gasteiger partial charge in [-0.05, 0) is 43.5 Å². The summed E-state index contributed by atoms with van der Waals surface area (Å²) in [4.78, 5) is 2.38. The molecule has 0 saturated carbocycles. The fourth-order valence-electron chi connectivity index (χ4n) is 2.24. The fraction of sp³-hybridized carbons (Fsp3) is 0.571. The molecule has 2 N–H and O–H groups in total. The minimum Gasteiger partial charge on any atom is -0.399 e. The quantitative estimate of drug-likeness (QED) is 0.814. The maximum atomic E-state index is 5.84. The van der Waals surface area contributed by atoms with Gasteiger partial charge in [-0.2, -0.15) is 0 Å². The van der Waals surface area contributed by atoms with E-state index in [4.69, 9.17) is 10.5 Å². The van der Waals surface area contributed by atoms with Crippen LogP contribution in [-0.2, 0) is 4.74 Å².